The Morgan fingerprint density at radius 1 is 0.788 bits per heavy atom. The molecule has 0 radical (unpaired) electrons. The predicted molar refractivity (Wildman–Crippen MR) is 117 cm³/mol. The standard InChI is InChI=1S/C15H30O4.2C3H6O4/c1-5-9-10-12(6-2)14(7-3,8-4)15(19,11-16)13(17)18;2*4-1-2(5)3(6)7/h12,16,19H,5-11H2,1-4H3,(H,17,18);2*2,4-5H,1H2,(H,6,7). The van der Waals surface area contributed by atoms with Gasteiger partial charge in [0.25, 0.3) is 0 Å². The average molecular weight is 487 g/mol. The van der Waals surface area contributed by atoms with E-state index in [1.165, 1.54) is 0 Å². The molecule has 0 aromatic carbocycles. The van der Waals surface area contributed by atoms with Crippen LogP contribution in [-0.2, 0) is 14.4 Å². The van der Waals surface area contributed by atoms with Crippen LogP contribution in [0, 0.1) is 11.3 Å². The van der Waals surface area contributed by atoms with Crippen LogP contribution in [0.5, 0.6) is 0 Å². The second kappa shape index (κ2) is 18.6. The molecule has 33 heavy (non-hydrogen) atoms. The van der Waals surface area contributed by atoms with Gasteiger partial charge < -0.3 is 46.0 Å². The zero-order chi connectivity index (χ0) is 26.8. The molecule has 0 fully saturated rings. The van der Waals surface area contributed by atoms with Crippen molar-refractivity contribution < 1.29 is 60.3 Å². The molecule has 0 aliphatic heterocycles. The maximum Gasteiger partial charge on any atom is 0.338 e. The molecule has 0 bridgehead atoms. The van der Waals surface area contributed by atoms with Gasteiger partial charge in [0, 0.05) is 5.41 Å². The van der Waals surface area contributed by atoms with Gasteiger partial charge in [0.15, 0.2) is 17.8 Å². The highest BCUT2D eigenvalue weighted by atomic mass is 16.4. The summed E-state index contributed by atoms with van der Waals surface area (Å²) in [6, 6.07) is 0. The Morgan fingerprint density at radius 3 is 1.33 bits per heavy atom. The monoisotopic (exact) mass is 486 g/mol. The molecule has 9 N–H and O–H groups in total. The fourth-order valence-electron chi connectivity index (χ4n) is 3.67. The van der Waals surface area contributed by atoms with Gasteiger partial charge in [0.2, 0.25) is 0 Å². The van der Waals surface area contributed by atoms with Crippen molar-refractivity contribution in [2.24, 2.45) is 11.3 Å². The fourth-order valence-corrected chi connectivity index (χ4v) is 3.67. The highest BCUT2D eigenvalue weighted by molar-refractivity contribution is 5.78. The Balaban J connectivity index is -0.000000524. The Bertz CT molecular complexity index is 529. The topological polar surface area (TPSA) is 233 Å². The minimum Gasteiger partial charge on any atom is -0.479 e. The fraction of sp³-hybridized carbons (Fsp3) is 0.857. The minimum absolute atomic E-state index is 0.107. The number of carboxylic acid groups (broad SMARTS) is 3. The van der Waals surface area contributed by atoms with E-state index in [0.29, 0.717) is 12.8 Å². The van der Waals surface area contributed by atoms with E-state index in [0.717, 1.165) is 25.7 Å². The van der Waals surface area contributed by atoms with Crippen LogP contribution in [0.3, 0.4) is 0 Å². The highest BCUT2D eigenvalue weighted by Gasteiger charge is 2.56. The van der Waals surface area contributed by atoms with Crippen molar-refractivity contribution in [1.82, 2.24) is 0 Å². The number of carbonyl (C=O) groups is 3. The summed E-state index contributed by atoms with van der Waals surface area (Å²) in [7, 11) is 0. The van der Waals surface area contributed by atoms with E-state index in [-0.39, 0.29) is 5.92 Å². The third-order valence-electron chi connectivity index (χ3n) is 5.76. The summed E-state index contributed by atoms with van der Waals surface area (Å²) in [4.78, 5) is 30.5. The van der Waals surface area contributed by atoms with E-state index in [4.69, 9.17) is 30.6 Å². The molecule has 0 aliphatic carbocycles. The largest absolute Gasteiger partial charge is 0.479 e. The number of unbranched alkanes of at least 4 members (excludes halogenated alkanes) is 1. The van der Waals surface area contributed by atoms with Crippen LogP contribution in [0.1, 0.15) is 66.2 Å². The van der Waals surface area contributed by atoms with Crippen LogP contribution in [0.4, 0.5) is 0 Å². The Kier molecular flexibility index (Phi) is 20.1. The van der Waals surface area contributed by atoms with E-state index >= 15 is 0 Å². The van der Waals surface area contributed by atoms with Gasteiger partial charge in [0.1, 0.15) is 0 Å². The molecule has 0 saturated heterocycles. The smallest absolute Gasteiger partial charge is 0.338 e. The molecule has 0 rings (SSSR count). The van der Waals surface area contributed by atoms with Crippen molar-refractivity contribution in [3.8, 4) is 0 Å². The Labute approximate surface area is 194 Å². The number of hydrogen-bond donors (Lipinski definition) is 9. The SMILES string of the molecule is CCCCC(CC)C(CC)(CC)C(O)(CO)C(=O)O.O=C(O)C(O)CO.O=C(O)C(O)CO. The molecule has 0 aromatic heterocycles. The lowest BCUT2D eigenvalue weighted by molar-refractivity contribution is -0.194. The first-order chi connectivity index (χ1) is 15.3. The molecule has 0 aromatic rings. The number of aliphatic hydroxyl groups excluding tert-OH is 5. The summed E-state index contributed by atoms with van der Waals surface area (Å²) >= 11 is 0. The molecule has 12 heteroatoms. The van der Waals surface area contributed by atoms with Crippen LogP contribution < -0.4 is 0 Å². The third-order valence-corrected chi connectivity index (χ3v) is 5.76. The molecule has 0 aliphatic rings. The van der Waals surface area contributed by atoms with Gasteiger partial charge in [-0.05, 0) is 25.2 Å². The van der Waals surface area contributed by atoms with Gasteiger partial charge in [0.05, 0.1) is 19.8 Å². The van der Waals surface area contributed by atoms with Crippen LogP contribution in [0.15, 0.2) is 0 Å². The summed E-state index contributed by atoms with van der Waals surface area (Å²) in [5.41, 5.74) is -2.82. The first-order valence-corrected chi connectivity index (χ1v) is 10.9. The quantitative estimate of drug-likeness (QED) is 0.153. The van der Waals surface area contributed by atoms with Crippen molar-refractivity contribution in [2.75, 3.05) is 19.8 Å². The first kappa shape index (κ1) is 35.8. The van der Waals surface area contributed by atoms with Gasteiger partial charge in [-0.3, -0.25) is 0 Å². The first-order valence-electron chi connectivity index (χ1n) is 10.9. The molecule has 4 unspecified atom stereocenters. The zero-order valence-corrected chi connectivity index (χ0v) is 19.8. The Morgan fingerprint density at radius 2 is 1.18 bits per heavy atom. The maximum absolute atomic E-state index is 11.5. The molecule has 0 spiro atoms. The van der Waals surface area contributed by atoms with E-state index in [2.05, 4.69) is 6.92 Å². The summed E-state index contributed by atoms with van der Waals surface area (Å²) in [6.45, 7) is 5.75. The van der Waals surface area contributed by atoms with Crippen molar-refractivity contribution in [2.45, 2.75) is 84.0 Å². The van der Waals surface area contributed by atoms with Gasteiger partial charge in [-0.2, -0.15) is 0 Å². The lowest BCUT2D eigenvalue weighted by Gasteiger charge is -2.48. The third kappa shape index (κ3) is 11.2. The number of aliphatic hydroxyl groups is 6. The molecule has 12 nitrogen and oxygen atoms in total. The molecule has 4 atom stereocenters. The molecular weight excluding hydrogens is 444 g/mol. The van der Waals surface area contributed by atoms with Crippen LogP contribution in [-0.4, -0.2) is 101 Å². The highest BCUT2D eigenvalue weighted by Crippen LogP contribution is 2.48. The van der Waals surface area contributed by atoms with Crippen molar-refractivity contribution in [3.63, 3.8) is 0 Å². The van der Waals surface area contributed by atoms with Crippen LogP contribution >= 0.6 is 0 Å². The van der Waals surface area contributed by atoms with E-state index in [1.54, 1.807) is 0 Å². The lowest BCUT2D eigenvalue weighted by atomic mass is 9.58. The van der Waals surface area contributed by atoms with Gasteiger partial charge in [-0.25, -0.2) is 14.4 Å². The summed E-state index contributed by atoms with van der Waals surface area (Å²) in [5, 5.41) is 76.9. The summed E-state index contributed by atoms with van der Waals surface area (Å²) in [5.74, 6) is -4.01. The molecule has 0 amide bonds. The van der Waals surface area contributed by atoms with E-state index < -0.39 is 61.0 Å². The molecular formula is C21H42O12. The van der Waals surface area contributed by atoms with Gasteiger partial charge in [-0.15, -0.1) is 0 Å². The molecule has 198 valence electrons. The second-order valence-electron chi connectivity index (χ2n) is 7.51. The average Bonchev–Trinajstić information content (AvgIpc) is 2.80. The predicted octanol–water partition coefficient (Wildman–Crippen LogP) is -0.334. The van der Waals surface area contributed by atoms with Crippen molar-refractivity contribution in [3.05, 3.63) is 0 Å². The van der Waals surface area contributed by atoms with Gasteiger partial charge >= 0.3 is 17.9 Å². The van der Waals surface area contributed by atoms with Crippen molar-refractivity contribution in [1.29, 1.82) is 0 Å². The number of aliphatic carboxylic acids is 3. The van der Waals surface area contributed by atoms with E-state index in [9.17, 15) is 29.7 Å². The number of hydrogen-bond acceptors (Lipinski definition) is 9. The van der Waals surface area contributed by atoms with E-state index in [1.807, 2.05) is 20.8 Å². The van der Waals surface area contributed by atoms with Crippen LogP contribution in [0.25, 0.3) is 0 Å². The molecule has 0 saturated carbocycles. The number of carboxylic acids is 3. The normalized spacial score (nSPS) is 15.5. The number of rotatable bonds is 14. The Hall–Kier alpha value is -1.83. The lowest BCUT2D eigenvalue weighted by Crippen LogP contribution is -2.59. The van der Waals surface area contributed by atoms with Crippen molar-refractivity contribution >= 4 is 17.9 Å². The summed E-state index contributed by atoms with van der Waals surface area (Å²) < 4.78 is 0. The summed E-state index contributed by atoms with van der Waals surface area (Å²) in [6.07, 6.45) is 1.62. The zero-order valence-electron chi connectivity index (χ0n) is 19.8. The van der Waals surface area contributed by atoms with Crippen LogP contribution in [0.2, 0.25) is 0 Å². The van der Waals surface area contributed by atoms with Gasteiger partial charge in [-0.1, -0.05) is 47.0 Å². The maximum atomic E-state index is 11.5. The second-order valence-corrected chi connectivity index (χ2v) is 7.51. The minimum atomic E-state index is -2.05. The molecule has 0 heterocycles.